The Morgan fingerprint density at radius 3 is 2.64 bits per heavy atom. The Morgan fingerprint density at radius 1 is 1.21 bits per heavy atom. The normalized spacial score (nSPS) is 10.1. The van der Waals surface area contributed by atoms with E-state index in [0.29, 0.717) is 17.3 Å². The van der Waals surface area contributed by atoms with Gasteiger partial charge >= 0.3 is 0 Å². The zero-order valence-corrected chi connectivity index (χ0v) is 7.51. The van der Waals surface area contributed by atoms with Crippen LogP contribution in [0.1, 0.15) is 5.56 Å². The molecule has 0 aliphatic carbocycles. The molecular weight excluding hydrogens is 180 g/mol. The lowest BCUT2D eigenvalue weighted by Gasteiger charge is -1.99. The molecule has 0 aliphatic heterocycles. The maximum Gasteiger partial charge on any atom is 0.290 e. The van der Waals surface area contributed by atoms with Gasteiger partial charge in [0.2, 0.25) is 0 Å². The first-order valence-corrected chi connectivity index (χ1v) is 4.29. The molecule has 3 heteroatoms. The highest BCUT2D eigenvalue weighted by atomic mass is 16.6. The zero-order chi connectivity index (χ0) is 9.80. The highest BCUT2D eigenvalue weighted by Gasteiger charge is 2.02. The smallest absolute Gasteiger partial charge is 0.290 e. The fraction of sp³-hybridized carbons (Fsp3) is 0.0909. The summed E-state index contributed by atoms with van der Waals surface area (Å²) in [7, 11) is 0. The van der Waals surface area contributed by atoms with Gasteiger partial charge in [-0.05, 0) is 12.1 Å². The minimum Gasteiger partial charge on any atom is -0.434 e. The van der Waals surface area contributed by atoms with Gasteiger partial charge in [-0.25, -0.2) is 0 Å². The zero-order valence-electron chi connectivity index (χ0n) is 7.51. The fourth-order valence-corrected chi connectivity index (χ4v) is 1.09. The molecule has 2 rings (SSSR count). The first-order valence-electron chi connectivity index (χ1n) is 4.29. The van der Waals surface area contributed by atoms with E-state index in [1.165, 1.54) is 6.26 Å². The molecule has 72 valence electrons. The van der Waals surface area contributed by atoms with E-state index >= 15 is 0 Å². The molecule has 3 nitrogen and oxygen atoms in total. The summed E-state index contributed by atoms with van der Waals surface area (Å²) in [5.41, 5.74) is 0.705. The van der Waals surface area contributed by atoms with E-state index in [0.717, 1.165) is 0 Å². The van der Waals surface area contributed by atoms with Gasteiger partial charge in [0.1, 0.15) is 12.0 Å². The standard InChI is InChI=1S/C11H10O3/c12-7-9-6-11(13-8-9)14-10-4-2-1-3-5-10/h1-6,8,12H,7H2. The molecule has 0 aliphatic rings. The molecule has 0 bridgehead atoms. The molecule has 0 unspecified atom stereocenters. The van der Waals surface area contributed by atoms with Crippen molar-refractivity contribution in [2.45, 2.75) is 6.61 Å². The maximum absolute atomic E-state index is 8.80. The summed E-state index contributed by atoms with van der Waals surface area (Å²) >= 11 is 0. The predicted octanol–water partition coefficient (Wildman–Crippen LogP) is 2.56. The van der Waals surface area contributed by atoms with Crippen molar-refractivity contribution in [1.29, 1.82) is 0 Å². The van der Waals surface area contributed by atoms with Crippen LogP contribution in [-0.4, -0.2) is 5.11 Å². The van der Waals surface area contributed by atoms with Crippen molar-refractivity contribution in [3.05, 3.63) is 48.2 Å². The van der Waals surface area contributed by atoms with Crippen molar-refractivity contribution >= 4 is 0 Å². The van der Waals surface area contributed by atoms with Gasteiger partial charge in [0, 0.05) is 11.6 Å². The number of ether oxygens (including phenoxy) is 1. The third-order valence-electron chi connectivity index (χ3n) is 1.77. The van der Waals surface area contributed by atoms with Crippen LogP contribution in [0.4, 0.5) is 0 Å². The van der Waals surface area contributed by atoms with Crippen LogP contribution in [0.25, 0.3) is 0 Å². The molecule has 0 amide bonds. The van der Waals surface area contributed by atoms with Gasteiger partial charge in [0.05, 0.1) is 6.61 Å². The van der Waals surface area contributed by atoms with Gasteiger partial charge in [0.15, 0.2) is 0 Å². The lowest BCUT2D eigenvalue weighted by molar-refractivity contribution is 0.280. The van der Waals surface area contributed by atoms with E-state index in [4.69, 9.17) is 14.3 Å². The Hall–Kier alpha value is -1.74. The Bertz CT molecular complexity index is 392. The number of hydrogen-bond donors (Lipinski definition) is 1. The number of para-hydroxylation sites is 1. The van der Waals surface area contributed by atoms with Gasteiger partial charge in [-0.2, -0.15) is 0 Å². The second-order valence-electron chi connectivity index (χ2n) is 2.85. The third kappa shape index (κ3) is 1.95. The van der Waals surface area contributed by atoms with Crippen LogP contribution in [-0.2, 0) is 6.61 Å². The predicted molar refractivity (Wildman–Crippen MR) is 51.1 cm³/mol. The summed E-state index contributed by atoms with van der Waals surface area (Å²) < 4.78 is 10.5. The molecule has 1 N–H and O–H groups in total. The lowest BCUT2D eigenvalue weighted by atomic mass is 10.3. The molecule has 0 atom stereocenters. The second-order valence-corrected chi connectivity index (χ2v) is 2.85. The summed E-state index contributed by atoms with van der Waals surface area (Å²) in [4.78, 5) is 0. The quantitative estimate of drug-likeness (QED) is 0.808. The van der Waals surface area contributed by atoms with E-state index in [2.05, 4.69) is 0 Å². The lowest BCUT2D eigenvalue weighted by Crippen LogP contribution is -1.80. The molecule has 0 fully saturated rings. The largest absolute Gasteiger partial charge is 0.434 e. The summed E-state index contributed by atoms with van der Waals surface area (Å²) in [5, 5.41) is 8.80. The van der Waals surface area contributed by atoms with E-state index in [-0.39, 0.29) is 6.61 Å². The molecule has 0 spiro atoms. The van der Waals surface area contributed by atoms with Crippen molar-refractivity contribution in [1.82, 2.24) is 0 Å². The summed E-state index contributed by atoms with van der Waals surface area (Å²) in [6.45, 7) is -0.0400. The summed E-state index contributed by atoms with van der Waals surface area (Å²) in [6.07, 6.45) is 1.47. The Kier molecular flexibility index (Phi) is 2.51. The molecule has 0 saturated carbocycles. The van der Waals surface area contributed by atoms with Gasteiger partial charge in [0.25, 0.3) is 5.95 Å². The first-order chi connectivity index (χ1) is 6.88. The second kappa shape index (κ2) is 3.98. The molecule has 1 heterocycles. The molecule has 14 heavy (non-hydrogen) atoms. The van der Waals surface area contributed by atoms with Crippen molar-refractivity contribution in [3.8, 4) is 11.7 Å². The van der Waals surface area contributed by atoms with Crippen molar-refractivity contribution < 1.29 is 14.3 Å². The summed E-state index contributed by atoms with van der Waals surface area (Å²) in [5.74, 6) is 1.10. The summed E-state index contributed by atoms with van der Waals surface area (Å²) in [6, 6.07) is 11.0. The van der Waals surface area contributed by atoms with Crippen LogP contribution in [0.15, 0.2) is 47.1 Å². The van der Waals surface area contributed by atoms with Gasteiger partial charge in [-0.1, -0.05) is 18.2 Å². The Labute approximate surface area is 81.6 Å². The SMILES string of the molecule is OCc1coc(Oc2ccccc2)c1. The van der Waals surface area contributed by atoms with Crippen molar-refractivity contribution in [2.75, 3.05) is 0 Å². The van der Waals surface area contributed by atoms with Gasteiger partial charge in [-0.15, -0.1) is 0 Å². The topological polar surface area (TPSA) is 42.6 Å². The van der Waals surface area contributed by atoms with Crippen molar-refractivity contribution in [3.63, 3.8) is 0 Å². The van der Waals surface area contributed by atoms with Crippen molar-refractivity contribution in [2.24, 2.45) is 0 Å². The molecule has 1 aromatic heterocycles. The monoisotopic (exact) mass is 190 g/mol. The highest BCUT2D eigenvalue weighted by Crippen LogP contribution is 2.23. The molecule has 0 radical (unpaired) electrons. The number of benzene rings is 1. The molecule has 1 aromatic carbocycles. The van der Waals surface area contributed by atoms with Crippen LogP contribution in [0, 0.1) is 0 Å². The van der Waals surface area contributed by atoms with Crippen LogP contribution < -0.4 is 4.74 Å². The number of furan rings is 1. The average Bonchev–Trinajstić information content (AvgIpc) is 2.67. The first kappa shape index (κ1) is 8.84. The molecular formula is C11H10O3. The van der Waals surface area contributed by atoms with E-state index < -0.39 is 0 Å². The van der Waals surface area contributed by atoms with Gasteiger partial charge < -0.3 is 14.3 Å². The fourth-order valence-electron chi connectivity index (χ4n) is 1.09. The third-order valence-corrected chi connectivity index (χ3v) is 1.77. The van der Waals surface area contributed by atoms with Gasteiger partial charge in [-0.3, -0.25) is 0 Å². The highest BCUT2D eigenvalue weighted by molar-refractivity contribution is 5.26. The van der Waals surface area contributed by atoms with E-state index in [9.17, 15) is 0 Å². The minimum atomic E-state index is -0.0400. The maximum atomic E-state index is 8.80. The number of hydrogen-bond acceptors (Lipinski definition) is 3. The minimum absolute atomic E-state index is 0.0400. The number of rotatable bonds is 3. The van der Waals surface area contributed by atoms with E-state index in [1.54, 1.807) is 6.07 Å². The van der Waals surface area contributed by atoms with E-state index in [1.807, 2.05) is 30.3 Å². The molecule has 0 saturated heterocycles. The Balaban J connectivity index is 2.11. The van der Waals surface area contributed by atoms with Crippen LogP contribution >= 0.6 is 0 Å². The number of aliphatic hydroxyl groups is 1. The average molecular weight is 190 g/mol. The van der Waals surface area contributed by atoms with Crippen LogP contribution in [0.2, 0.25) is 0 Å². The number of aliphatic hydroxyl groups excluding tert-OH is 1. The Morgan fingerprint density at radius 2 is 2.00 bits per heavy atom. The van der Waals surface area contributed by atoms with Crippen LogP contribution in [0.3, 0.4) is 0 Å². The van der Waals surface area contributed by atoms with Crippen LogP contribution in [0.5, 0.6) is 11.7 Å². The molecule has 2 aromatic rings.